The lowest BCUT2D eigenvalue weighted by molar-refractivity contribution is -0.145. The van der Waals surface area contributed by atoms with E-state index in [4.69, 9.17) is 4.84 Å². The average molecular weight is 515 g/mol. The molecule has 38 heavy (non-hydrogen) atoms. The minimum Gasteiger partial charge on any atom is -0.380 e. The smallest absolute Gasteiger partial charge is 0.266 e. The van der Waals surface area contributed by atoms with Crippen molar-refractivity contribution in [3.63, 3.8) is 0 Å². The molecule has 3 aromatic carbocycles. The van der Waals surface area contributed by atoms with Gasteiger partial charge in [0.25, 0.3) is 17.7 Å². The standard InChI is InChI=1S/C29H27FN4O4/c30-22-4-1-3-20(13-22)21-16-33(17-21)15-19-9-7-18(8-10-19)14-31-24-6-2-5-23-26(24)29(37)34(28(23)36)25-11-12-38-32-27(25)35/h1-10,13,21,25,31H,11-12,14-17H2,(H,32,35). The molecule has 3 aliphatic heterocycles. The van der Waals surface area contributed by atoms with Crippen LogP contribution in [0.2, 0.25) is 0 Å². The van der Waals surface area contributed by atoms with Crippen LogP contribution in [0.3, 0.4) is 0 Å². The lowest BCUT2D eigenvalue weighted by Gasteiger charge is -2.39. The van der Waals surface area contributed by atoms with Gasteiger partial charge in [-0.15, -0.1) is 0 Å². The van der Waals surface area contributed by atoms with Crippen molar-refractivity contribution in [3.8, 4) is 0 Å². The van der Waals surface area contributed by atoms with Gasteiger partial charge in [0, 0.05) is 44.2 Å². The third kappa shape index (κ3) is 4.55. The molecular formula is C29H27FN4O4. The molecule has 2 N–H and O–H groups in total. The van der Waals surface area contributed by atoms with Gasteiger partial charge in [-0.2, -0.15) is 0 Å². The molecule has 2 fully saturated rings. The van der Waals surface area contributed by atoms with Crippen LogP contribution in [0.1, 0.15) is 49.7 Å². The number of hydrogen-bond donors (Lipinski definition) is 2. The Hall–Kier alpha value is -4.08. The Kier molecular flexibility index (Phi) is 6.39. The first-order valence-corrected chi connectivity index (χ1v) is 12.7. The average Bonchev–Trinajstić information content (AvgIpc) is 3.16. The van der Waals surface area contributed by atoms with E-state index in [1.165, 1.54) is 11.6 Å². The zero-order chi connectivity index (χ0) is 26.2. The molecule has 0 aliphatic carbocycles. The zero-order valence-corrected chi connectivity index (χ0v) is 20.7. The number of likely N-dealkylation sites (tertiary alicyclic amines) is 1. The highest BCUT2D eigenvalue weighted by Crippen LogP contribution is 2.32. The molecule has 2 saturated heterocycles. The maximum Gasteiger partial charge on any atom is 0.266 e. The summed E-state index contributed by atoms with van der Waals surface area (Å²) in [6.07, 6.45) is 0.259. The highest BCUT2D eigenvalue weighted by atomic mass is 19.1. The van der Waals surface area contributed by atoms with Crippen LogP contribution in [-0.2, 0) is 22.7 Å². The third-order valence-electron chi connectivity index (χ3n) is 7.42. The summed E-state index contributed by atoms with van der Waals surface area (Å²) < 4.78 is 13.5. The first-order valence-electron chi connectivity index (χ1n) is 12.7. The predicted molar refractivity (Wildman–Crippen MR) is 138 cm³/mol. The maximum atomic E-state index is 13.5. The predicted octanol–water partition coefficient (Wildman–Crippen LogP) is 3.45. The van der Waals surface area contributed by atoms with Crippen LogP contribution in [-0.4, -0.2) is 53.3 Å². The maximum absolute atomic E-state index is 13.5. The Bertz CT molecular complexity index is 1400. The van der Waals surface area contributed by atoms with Crippen molar-refractivity contribution in [1.29, 1.82) is 0 Å². The number of hydroxylamine groups is 1. The number of imide groups is 1. The molecule has 0 spiro atoms. The Labute approximate surface area is 219 Å². The second-order valence-corrected chi connectivity index (χ2v) is 9.94. The van der Waals surface area contributed by atoms with Crippen LogP contribution in [0.5, 0.6) is 0 Å². The fourth-order valence-corrected chi connectivity index (χ4v) is 5.36. The summed E-state index contributed by atoms with van der Waals surface area (Å²) in [5.74, 6) is -1.26. The number of rotatable bonds is 7. The SMILES string of the molecule is O=C1NOCCC1N1C(=O)c2cccc(NCc3ccc(CN4CC(c5cccc(F)c5)C4)cc3)c2C1=O. The molecule has 3 amide bonds. The van der Waals surface area contributed by atoms with Gasteiger partial charge < -0.3 is 5.32 Å². The van der Waals surface area contributed by atoms with E-state index in [9.17, 15) is 18.8 Å². The molecule has 3 heterocycles. The van der Waals surface area contributed by atoms with Crippen LogP contribution >= 0.6 is 0 Å². The van der Waals surface area contributed by atoms with Crippen LogP contribution in [0.25, 0.3) is 0 Å². The number of nitrogens with one attached hydrogen (secondary N) is 2. The van der Waals surface area contributed by atoms with Gasteiger partial charge in [-0.05, 0) is 41.0 Å². The lowest BCUT2D eigenvalue weighted by Crippen LogP contribution is -2.53. The van der Waals surface area contributed by atoms with Gasteiger partial charge >= 0.3 is 0 Å². The minimum absolute atomic E-state index is 0.189. The number of benzene rings is 3. The molecule has 0 aromatic heterocycles. The van der Waals surface area contributed by atoms with Gasteiger partial charge in [-0.25, -0.2) is 9.87 Å². The van der Waals surface area contributed by atoms with E-state index in [-0.39, 0.29) is 18.8 Å². The number of carbonyl (C=O) groups is 3. The fraction of sp³-hybridized carbons (Fsp3) is 0.276. The van der Waals surface area contributed by atoms with Crippen molar-refractivity contribution in [2.24, 2.45) is 0 Å². The van der Waals surface area contributed by atoms with E-state index in [1.807, 2.05) is 18.2 Å². The van der Waals surface area contributed by atoms with Crippen molar-refractivity contribution < 1.29 is 23.6 Å². The summed E-state index contributed by atoms with van der Waals surface area (Å²) in [5, 5.41) is 3.29. The first-order chi connectivity index (χ1) is 18.5. The zero-order valence-electron chi connectivity index (χ0n) is 20.7. The van der Waals surface area contributed by atoms with Crippen molar-refractivity contribution in [1.82, 2.24) is 15.3 Å². The highest BCUT2D eigenvalue weighted by molar-refractivity contribution is 6.25. The number of nitrogens with zero attached hydrogens (tertiary/aromatic N) is 2. The van der Waals surface area contributed by atoms with Gasteiger partial charge in [-0.1, -0.05) is 42.5 Å². The summed E-state index contributed by atoms with van der Waals surface area (Å²) >= 11 is 0. The molecule has 8 nitrogen and oxygen atoms in total. The number of halogens is 1. The summed E-state index contributed by atoms with van der Waals surface area (Å²) in [7, 11) is 0. The number of amides is 3. The summed E-state index contributed by atoms with van der Waals surface area (Å²) in [6.45, 7) is 3.35. The summed E-state index contributed by atoms with van der Waals surface area (Å²) in [5.41, 5.74) is 6.67. The molecule has 0 saturated carbocycles. The van der Waals surface area contributed by atoms with E-state index < -0.39 is 23.8 Å². The van der Waals surface area contributed by atoms with E-state index in [0.717, 1.165) is 35.7 Å². The number of anilines is 1. The first kappa shape index (κ1) is 24.3. The van der Waals surface area contributed by atoms with Crippen molar-refractivity contribution in [2.75, 3.05) is 25.0 Å². The molecule has 1 atom stereocenters. The summed E-state index contributed by atoms with van der Waals surface area (Å²) in [4.78, 5) is 46.7. The van der Waals surface area contributed by atoms with Crippen molar-refractivity contribution >= 4 is 23.4 Å². The molecule has 3 aromatic rings. The van der Waals surface area contributed by atoms with E-state index in [1.54, 1.807) is 30.3 Å². The van der Waals surface area contributed by atoms with Crippen LogP contribution in [0.4, 0.5) is 10.1 Å². The van der Waals surface area contributed by atoms with Gasteiger partial charge in [0.2, 0.25) is 0 Å². The molecule has 0 bridgehead atoms. The van der Waals surface area contributed by atoms with Crippen molar-refractivity contribution in [2.45, 2.75) is 31.5 Å². The van der Waals surface area contributed by atoms with E-state index >= 15 is 0 Å². The van der Waals surface area contributed by atoms with Gasteiger partial charge in [0.05, 0.1) is 17.7 Å². The quantitative estimate of drug-likeness (QED) is 0.470. The summed E-state index contributed by atoms with van der Waals surface area (Å²) in [6, 6.07) is 19.3. The highest BCUT2D eigenvalue weighted by Gasteiger charge is 2.45. The van der Waals surface area contributed by atoms with Crippen LogP contribution < -0.4 is 10.8 Å². The molecule has 0 radical (unpaired) electrons. The second-order valence-electron chi connectivity index (χ2n) is 9.94. The second kappa shape index (κ2) is 10.00. The van der Waals surface area contributed by atoms with Crippen LogP contribution in [0.15, 0.2) is 66.7 Å². The Morgan fingerprint density at radius 3 is 2.47 bits per heavy atom. The van der Waals surface area contributed by atoms with Crippen molar-refractivity contribution in [3.05, 3.63) is 100 Å². The molecule has 6 rings (SSSR count). The topological polar surface area (TPSA) is 91.0 Å². The number of carbonyl (C=O) groups excluding carboxylic acids is 3. The van der Waals surface area contributed by atoms with E-state index in [2.05, 4.69) is 27.8 Å². The Morgan fingerprint density at radius 2 is 1.71 bits per heavy atom. The normalized spacial score (nSPS) is 19.8. The molecule has 3 aliphatic rings. The molecule has 194 valence electrons. The molecular weight excluding hydrogens is 487 g/mol. The molecule has 1 unspecified atom stereocenters. The fourth-order valence-electron chi connectivity index (χ4n) is 5.36. The largest absolute Gasteiger partial charge is 0.380 e. The third-order valence-corrected chi connectivity index (χ3v) is 7.42. The Balaban J connectivity index is 1.07. The Morgan fingerprint density at radius 1 is 0.947 bits per heavy atom. The molecule has 9 heteroatoms. The number of fused-ring (bicyclic) bond motifs is 1. The minimum atomic E-state index is -0.882. The van der Waals surface area contributed by atoms with Gasteiger partial charge in [-0.3, -0.25) is 29.0 Å². The number of hydrogen-bond acceptors (Lipinski definition) is 6. The van der Waals surface area contributed by atoms with Gasteiger partial charge in [0.1, 0.15) is 11.9 Å². The monoisotopic (exact) mass is 514 g/mol. The lowest BCUT2D eigenvalue weighted by atomic mass is 9.91. The van der Waals surface area contributed by atoms with E-state index in [0.29, 0.717) is 29.3 Å². The van der Waals surface area contributed by atoms with Crippen LogP contribution in [0, 0.1) is 5.82 Å². The van der Waals surface area contributed by atoms with Gasteiger partial charge in [0.15, 0.2) is 0 Å².